The number of halogens is 2. The summed E-state index contributed by atoms with van der Waals surface area (Å²) in [5.41, 5.74) is 4.17. The lowest BCUT2D eigenvalue weighted by atomic mass is 10.1. The van der Waals surface area contributed by atoms with Crippen LogP contribution in [-0.2, 0) is 0 Å². The topological polar surface area (TPSA) is 76.8 Å². The van der Waals surface area contributed by atoms with Gasteiger partial charge >= 0.3 is 6.61 Å². The number of hydrogen-bond acceptors (Lipinski definition) is 5. The van der Waals surface area contributed by atoms with Crippen molar-refractivity contribution in [2.45, 2.75) is 13.5 Å². The average Bonchev–Trinajstić information content (AvgIpc) is 2.52. The van der Waals surface area contributed by atoms with E-state index in [2.05, 4.69) is 15.3 Å². The molecule has 1 N–H and O–H groups in total. The maximum atomic E-state index is 12.2. The lowest BCUT2D eigenvalue weighted by molar-refractivity contribution is -0.384. The predicted molar refractivity (Wildman–Crippen MR) is 82.0 cm³/mol. The minimum absolute atomic E-state index is 0.0300. The van der Waals surface area contributed by atoms with E-state index in [1.54, 1.807) is 25.1 Å². The van der Waals surface area contributed by atoms with Crippen molar-refractivity contribution >= 4 is 17.1 Å². The van der Waals surface area contributed by atoms with Gasteiger partial charge in [-0.25, -0.2) is 0 Å². The van der Waals surface area contributed by atoms with Gasteiger partial charge < -0.3 is 4.74 Å². The molecule has 0 aromatic heterocycles. The molecule has 0 aliphatic rings. The number of hydrazone groups is 1. The molecule has 0 saturated carbocycles. The third-order valence-corrected chi connectivity index (χ3v) is 2.89. The van der Waals surface area contributed by atoms with Crippen LogP contribution in [-0.4, -0.2) is 17.2 Å². The molecule has 0 radical (unpaired) electrons. The highest BCUT2D eigenvalue weighted by Gasteiger charge is 2.07. The normalized spacial score (nSPS) is 11.4. The number of benzene rings is 2. The number of nitrogens with zero attached hydrogens (tertiary/aromatic N) is 2. The number of hydrogen-bond donors (Lipinski definition) is 1. The van der Waals surface area contributed by atoms with Gasteiger partial charge in [0.2, 0.25) is 0 Å². The summed E-state index contributed by atoms with van der Waals surface area (Å²) in [6, 6.07) is 12.0. The zero-order valence-electron chi connectivity index (χ0n) is 12.1. The summed E-state index contributed by atoms with van der Waals surface area (Å²) < 4.78 is 28.7. The monoisotopic (exact) mass is 321 g/mol. The summed E-state index contributed by atoms with van der Waals surface area (Å²) in [5.74, 6) is 0.0300. The van der Waals surface area contributed by atoms with Crippen LogP contribution in [0.5, 0.6) is 5.75 Å². The number of non-ortho nitro benzene ring substituents is 1. The molecule has 2 aromatic rings. The van der Waals surface area contributed by atoms with Crippen LogP contribution in [0.4, 0.5) is 20.2 Å². The molecule has 0 saturated heterocycles. The summed E-state index contributed by atoms with van der Waals surface area (Å²) >= 11 is 0. The molecular weight excluding hydrogens is 308 g/mol. The van der Waals surface area contributed by atoms with E-state index in [0.717, 1.165) is 0 Å². The summed E-state index contributed by atoms with van der Waals surface area (Å²) in [6.07, 6.45) is 0. The van der Waals surface area contributed by atoms with E-state index in [4.69, 9.17) is 0 Å². The fourth-order valence-corrected chi connectivity index (χ4v) is 1.80. The van der Waals surface area contributed by atoms with E-state index in [-0.39, 0.29) is 11.4 Å². The Hall–Kier alpha value is -3.03. The molecule has 120 valence electrons. The minimum Gasteiger partial charge on any atom is -0.435 e. The zero-order chi connectivity index (χ0) is 16.8. The third kappa shape index (κ3) is 4.73. The van der Waals surface area contributed by atoms with Crippen LogP contribution < -0.4 is 10.2 Å². The second-order valence-electron chi connectivity index (χ2n) is 4.52. The smallest absolute Gasteiger partial charge is 0.387 e. The Morgan fingerprint density at radius 1 is 1.26 bits per heavy atom. The molecule has 8 heteroatoms. The zero-order valence-corrected chi connectivity index (χ0v) is 12.1. The highest BCUT2D eigenvalue weighted by molar-refractivity contribution is 5.99. The van der Waals surface area contributed by atoms with E-state index in [0.29, 0.717) is 17.0 Å². The first kappa shape index (κ1) is 16.3. The first-order valence-corrected chi connectivity index (χ1v) is 6.55. The molecular formula is C15H13F2N3O3. The number of nitro groups is 1. The van der Waals surface area contributed by atoms with E-state index in [1.165, 1.54) is 30.3 Å². The number of rotatable bonds is 6. The van der Waals surface area contributed by atoms with Gasteiger partial charge in [-0.3, -0.25) is 15.5 Å². The Morgan fingerprint density at radius 2 is 2.00 bits per heavy atom. The van der Waals surface area contributed by atoms with Gasteiger partial charge in [-0.15, -0.1) is 0 Å². The summed E-state index contributed by atoms with van der Waals surface area (Å²) in [4.78, 5) is 10.2. The highest BCUT2D eigenvalue weighted by Crippen LogP contribution is 2.19. The van der Waals surface area contributed by atoms with E-state index < -0.39 is 11.5 Å². The van der Waals surface area contributed by atoms with E-state index in [1.807, 2.05) is 0 Å². The van der Waals surface area contributed by atoms with Crippen molar-refractivity contribution in [1.29, 1.82) is 0 Å². The van der Waals surface area contributed by atoms with Crippen molar-refractivity contribution in [2.75, 3.05) is 5.43 Å². The summed E-state index contributed by atoms with van der Waals surface area (Å²) in [7, 11) is 0. The van der Waals surface area contributed by atoms with Crippen molar-refractivity contribution in [1.82, 2.24) is 0 Å². The Labute approximate surface area is 130 Å². The maximum absolute atomic E-state index is 12.2. The molecule has 6 nitrogen and oxygen atoms in total. The third-order valence-electron chi connectivity index (χ3n) is 2.89. The predicted octanol–water partition coefficient (Wildman–Crippen LogP) is 4.03. The largest absolute Gasteiger partial charge is 0.435 e. The molecule has 0 amide bonds. The molecule has 23 heavy (non-hydrogen) atoms. The molecule has 2 aromatic carbocycles. The van der Waals surface area contributed by atoms with Crippen molar-refractivity contribution < 1.29 is 18.4 Å². The van der Waals surface area contributed by atoms with Gasteiger partial charge in [0, 0.05) is 17.7 Å². The van der Waals surface area contributed by atoms with Gasteiger partial charge in [-0.1, -0.05) is 18.2 Å². The summed E-state index contributed by atoms with van der Waals surface area (Å²) in [5, 5.41) is 14.8. The van der Waals surface area contributed by atoms with Crippen molar-refractivity contribution in [3.8, 4) is 5.75 Å². The molecule has 0 atom stereocenters. The van der Waals surface area contributed by atoms with Gasteiger partial charge in [-0.05, 0) is 25.1 Å². The molecule has 2 rings (SSSR count). The Morgan fingerprint density at radius 3 is 2.70 bits per heavy atom. The van der Waals surface area contributed by atoms with Gasteiger partial charge in [0.15, 0.2) is 0 Å². The van der Waals surface area contributed by atoms with Gasteiger partial charge in [-0.2, -0.15) is 13.9 Å². The van der Waals surface area contributed by atoms with Gasteiger partial charge in [0.25, 0.3) is 5.69 Å². The number of nitrogens with one attached hydrogen (secondary N) is 1. The molecule has 0 bridgehead atoms. The number of nitro benzene ring substituents is 1. The first-order chi connectivity index (χ1) is 11.0. The molecule has 0 unspecified atom stereocenters. The van der Waals surface area contributed by atoms with Crippen molar-refractivity contribution in [3.05, 3.63) is 64.2 Å². The molecule has 0 heterocycles. The van der Waals surface area contributed by atoms with Gasteiger partial charge in [0.05, 0.1) is 16.3 Å². The lowest BCUT2D eigenvalue weighted by Crippen LogP contribution is -2.04. The minimum atomic E-state index is -2.90. The fraction of sp³-hybridized carbons (Fsp3) is 0.133. The summed E-state index contributed by atoms with van der Waals surface area (Å²) in [6.45, 7) is -1.23. The van der Waals surface area contributed by atoms with Crippen LogP contribution in [0.2, 0.25) is 0 Å². The Kier molecular flexibility index (Phi) is 5.19. The van der Waals surface area contributed by atoms with E-state index in [9.17, 15) is 18.9 Å². The quantitative estimate of drug-likeness (QED) is 0.495. The maximum Gasteiger partial charge on any atom is 0.387 e. The number of ether oxygens (including phenoxy) is 1. The second-order valence-corrected chi connectivity index (χ2v) is 4.52. The lowest BCUT2D eigenvalue weighted by Gasteiger charge is -2.07. The van der Waals surface area contributed by atoms with E-state index >= 15 is 0 Å². The molecule has 0 aliphatic carbocycles. The Bertz CT molecular complexity index is 735. The van der Waals surface area contributed by atoms with Crippen LogP contribution in [0.15, 0.2) is 53.6 Å². The molecule has 0 aliphatic heterocycles. The SMILES string of the molecule is C/C(=N/Nc1cccc([N+](=O)[O-])c1)c1cccc(OC(F)F)c1. The molecule has 0 fully saturated rings. The highest BCUT2D eigenvalue weighted by atomic mass is 19.3. The van der Waals surface area contributed by atoms with Gasteiger partial charge in [0.1, 0.15) is 5.75 Å². The van der Waals surface area contributed by atoms with Crippen LogP contribution in [0.25, 0.3) is 0 Å². The standard InChI is InChI=1S/C15H13F2N3O3/c1-10(11-4-2-7-14(8-11)23-15(16)17)18-19-12-5-3-6-13(9-12)20(21)22/h2-9,15,19H,1H3/b18-10-. The van der Waals surface area contributed by atoms with Crippen molar-refractivity contribution in [2.24, 2.45) is 5.10 Å². The fourth-order valence-electron chi connectivity index (χ4n) is 1.80. The van der Waals surface area contributed by atoms with Crippen LogP contribution in [0.1, 0.15) is 12.5 Å². The average molecular weight is 321 g/mol. The number of anilines is 1. The van der Waals surface area contributed by atoms with Crippen LogP contribution in [0, 0.1) is 10.1 Å². The Balaban J connectivity index is 2.13. The second kappa shape index (κ2) is 7.30. The first-order valence-electron chi connectivity index (χ1n) is 6.55. The van der Waals surface area contributed by atoms with Crippen LogP contribution in [0.3, 0.4) is 0 Å². The van der Waals surface area contributed by atoms with Crippen LogP contribution >= 0.6 is 0 Å². The number of alkyl halides is 2. The van der Waals surface area contributed by atoms with Crippen molar-refractivity contribution in [3.63, 3.8) is 0 Å². The molecule has 0 spiro atoms.